The van der Waals surface area contributed by atoms with Crippen molar-refractivity contribution in [2.75, 3.05) is 11.1 Å². The normalized spacial score (nSPS) is 10.8. The first-order chi connectivity index (χ1) is 16.9. The molecule has 4 rings (SSSR count). The van der Waals surface area contributed by atoms with Gasteiger partial charge in [-0.1, -0.05) is 64.8 Å². The highest BCUT2D eigenvalue weighted by Gasteiger charge is 2.16. The number of anilines is 1. The van der Waals surface area contributed by atoms with Crippen LogP contribution in [0.4, 0.5) is 5.13 Å². The van der Waals surface area contributed by atoms with Gasteiger partial charge in [0.05, 0.1) is 16.5 Å². The molecule has 1 N–H and O–H groups in total. The lowest BCUT2D eigenvalue weighted by Crippen LogP contribution is -2.15. The van der Waals surface area contributed by atoms with Crippen LogP contribution in [-0.4, -0.2) is 31.4 Å². The maximum absolute atomic E-state index is 12.5. The number of nitrogens with one attached hydrogen (secondary N) is 1. The number of thiazole rings is 1. The number of carbonyl (C=O) groups excluding carboxylic acids is 1. The molecule has 0 bridgehead atoms. The van der Waals surface area contributed by atoms with Gasteiger partial charge in [0.15, 0.2) is 16.1 Å². The van der Waals surface area contributed by atoms with E-state index in [0.717, 1.165) is 11.3 Å². The average molecular weight is 567 g/mol. The Balaban J connectivity index is 1.36. The number of aromatic nitrogens is 4. The van der Waals surface area contributed by atoms with Crippen LogP contribution >= 0.6 is 57.9 Å². The van der Waals surface area contributed by atoms with Crippen molar-refractivity contribution in [3.63, 3.8) is 0 Å². The van der Waals surface area contributed by atoms with E-state index in [1.54, 1.807) is 36.4 Å². The van der Waals surface area contributed by atoms with Gasteiger partial charge < -0.3 is 10.1 Å². The summed E-state index contributed by atoms with van der Waals surface area (Å²) in [4.78, 5) is 17.0. The Morgan fingerprint density at radius 1 is 1.14 bits per heavy atom. The third-order valence-electron chi connectivity index (χ3n) is 4.58. The summed E-state index contributed by atoms with van der Waals surface area (Å²) in [7, 11) is 0. The molecular formula is C23H18Cl3N5O2S2. The quantitative estimate of drug-likeness (QED) is 0.167. The molecule has 0 unspecified atom stereocenters. The second kappa shape index (κ2) is 11.9. The number of rotatable bonds is 10. The summed E-state index contributed by atoms with van der Waals surface area (Å²) in [6.07, 6.45) is 1.72. The Hall–Kier alpha value is -2.56. The van der Waals surface area contributed by atoms with Crippen molar-refractivity contribution in [1.82, 2.24) is 19.7 Å². The molecule has 12 heteroatoms. The van der Waals surface area contributed by atoms with E-state index in [2.05, 4.69) is 27.1 Å². The Morgan fingerprint density at radius 3 is 2.69 bits per heavy atom. The maximum Gasteiger partial charge on any atom is 0.236 e. The molecule has 0 fully saturated rings. The molecule has 0 radical (unpaired) electrons. The highest BCUT2D eigenvalue weighted by molar-refractivity contribution is 7.99. The zero-order valence-corrected chi connectivity index (χ0v) is 22.0. The minimum absolute atomic E-state index is 0.125. The van der Waals surface area contributed by atoms with E-state index in [0.29, 0.717) is 43.5 Å². The van der Waals surface area contributed by atoms with E-state index in [-0.39, 0.29) is 18.3 Å². The first-order valence-corrected chi connectivity index (χ1v) is 13.2. The number of benzene rings is 2. The van der Waals surface area contributed by atoms with Gasteiger partial charge in [-0.15, -0.1) is 28.1 Å². The van der Waals surface area contributed by atoms with Crippen LogP contribution in [0, 0.1) is 0 Å². The third kappa shape index (κ3) is 6.77. The van der Waals surface area contributed by atoms with E-state index < -0.39 is 0 Å². The second-order valence-corrected chi connectivity index (χ2v) is 10.1. The van der Waals surface area contributed by atoms with Gasteiger partial charge >= 0.3 is 0 Å². The minimum atomic E-state index is -0.205. The minimum Gasteiger partial charge on any atom is -0.484 e. The van der Waals surface area contributed by atoms with Crippen LogP contribution in [0.1, 0.15) is 5.82 Å². The number of halogens is 3. The first kappa shape index (κ1) is 25.5. The molecular weight excluding hydrogens is 549 g/mol. The van der Waals surface area contributed by atoms with Gasteiger partial charge in [0, 0.05) is 33.6 Å². The Morgan fingerprint density at radius 2 is 1.91 bits per heavy atom. The van der Waals surface area contributed by atoms with Crippen LogP contribution in [-0.2, 0) is 17.9 Å². The topological polar surface area (TPSA) is 81.9 Å². The highest BCUT2D eigenvalue weighted by Crippen LogP contribution is 2.29. The fraction of sp³-hybridized carbons (Fsp3) is 0.130. The molecule has 180 valence electrons. The summed E-state index contributed by atoms with van der Waals surface area (Å²) in [5.41, 5.74) is 1.69. The van der Waals surface area contributed by atoms with Gasteiger partial charge in [0.25, 0.3) is 0 Å². The van der Waals surface area contributed by atoms with E-state index >= 15 is 0 Å². The molecule has 2 aromatic heterocycles. The standard InChI is InChI=1S/C23H18Cl3N5O2S2/c1-2-9-31-20(11-33-19-10-16(25)7-8-17(19)26)29-30-23(31)35-13-21(32)28-22-27-18(12-34-22)14-3-5-15(24)6-4-14/h2-8,10,12H,1,9,11,13H2,(H,27,28,32). The number of carbonyl (C=O) groups is 1. The van der Waals surface area contributed by atoms with E-state index in [1.807, 2.05) is 22.1 Å². The van der Waals surface area contributed by atoms with E-state index in [1.165, 1.54) is 23.1 Å². The predicted molar refractivity (Wildman–Crippen MR) is 143 cm³/mol. The molecule has 35 heavy (non-hydrogen) atoms. The molecule has 0 atom stereocenters. The van der Waals surface area contributed by atoms with Gasteiger partial charge in [0.2, 0.25) is 5.91 Å². The van der Waals surface area contributed by atoms with Crippen LogP contribution in [0.25, 0.3) is 11.3 Å². The van der Waals surface area contributed by atoms with Crippen molar-refractivity contribution < 1.29 is 9.53 Å². The Kier molecular flexibility index (Phi) is 8.69. The number of amides is 1. The molecule has 2 heterocycles. The maximum atomic E-state index is 12.5. The van der Waals surface area contributed by atoms with Gasteiger partial charge in [0.1, 0.15) is 12.4 Å². The third-order valence-corrected chi connectivity index (χ3v) is 7.10. The summed E-state index contributed by atoms with van der Waals surface area (Å²) in [5, 5.41) is 15.8. The number of thioether (sulfide) groups is 1. The fourth-order valence-electron chi connectivity index (χ4n) is 2.94. The number of hydrogen-bond donors (Lipinski definition) is 1. The van der Waals surface area contributed by atoms with Crippen molar-refractivity contribution in [1.29, 1.82) is 0 Å². The average Bonchev–Trinajstić information content (AvgIpc) is 3.46. The van der Waals surface area contributed by atoms with Gasteiger partial charge in [-0.25, -0.2) is 4.98 Å². The molecule has 0 saturated carbocycles. The van der Waals surface area contributed by atoms with Gasteiger partial charge in [-0.3, -0.25) is 9.36 Å². The van der Waals surface area contributed by atoms with Crippen LogP contribution in [0.3, 0.4) is 0 Å². The molecule has 2 aromatic carbocycles. The Labute approximate surface area is 225 Å². The number of hydrogen-bond acceptors (Lipinski definition) is 7. The molecule has 0 saturated heterocycles. The van der Waals surface area contributed by atoms with Crippen LogP contribution in [0.15, 0.2) is 65.7 Å². The van der Waals surface area contributed by atoms with Crippen LogP contribution < -0.4 is 10.1 Å². The smallest absolute Gasteiger partial charge is 0.236 e. The molecule has 0 aliphatic heterocycles. The number of nitrogens with zero attached hydrogens (tertiary/aromatic N) is 4. The fourth-order valence-corrected chi connectivity index (χ4v) is 4.91. The highest BCUT2D eigenvalue weighted by atomic mass is 35.5. The summed E-state index contributed by atoms with van der Waals surface area (Å²) in [6, 6.07) is 12.3. The molecule has 0 aliphatic carbocycles. The molecule has 7 nitrogen and oxygen atoms in total. The number of ether oxygens (including phenoxy) is 1. The van der Waals surface area contributed by atoms with E-state index in [4.69, 9.17) is 39.5 Å². The van der Waals surface area contributed by atoms with Crippen LogP contribution in [0.5, 0.6) is 5.75 Å². The zero-order chi connectivity index (χ0) is 24.8. The SMILES string of the molecule is C=CCn1c(COc2cc(Cl)ccc2Cl)nnc1SCC(=O)Nc1nc(-c2ccc(Cl)cc2)cs1. The lowest BCUT2D eigenvalue weighted by Gasteiger charge is -2.10. The monoisotopic (exact) mass is 565 g/mol. The molecule has 1 amide bonds. The Bertz CT molecular complexity index is 1340. The summed E-state index contributed by atoms with van der Waals surface area (Å²) >= 11 is 20.7. The van der Waals surface area contributed by atoms with Crippen molar-refractivity contribution in [3.8, 4) is 17.0 Å². The largest absolute Gasteiger partial charge is 0.484 e. The molecule has 0 spiro atoms. The van der Waals surface area contributed by atoms with Crippen molar-refractivity contribution in [2.45, 2.75) is 18.3 Å². The van der Waals surface area contributed by atoms with Crippen LogP contribution in [0.2, 0.25) is 15.1 Å². The summed E-state index contributed by atoms with van der Waals surface area (Å²) < 4.78 is 7.60. The predicted octanol–water partition coefficient (Wildman–Crippen LogP) is 6.86. The van der Waals surface area contributed by atoms with Crippen molar-refractivity contribution >= 4 is 68.9 Å². The van der Waals surface area contributed by atoms with Crippen molar-refractivity contribution in [3.05, 3.63) is 81.4 Å². The van der Waals surface area contributed by atoms with Gasteiger partial charge in [-0.2, -0.15) is 0 Å². The van der Waals surface area contributed by atoms with Crippen molar-refractivity contribution in [2.24, 2.45) is 0 Å². The zero-order valence-electron chi connectivity index (χ0n) is 18.1. The lowest BCUT2D eigenvalue weighted by molar-refractivity contribution is -0.113. The summed E-state index contributed by atoms with van der Waals surface area (Å²) in [5.74, 6) is 0.939. The molecule has 4 aromatic rings. The number of allylic oxidation sites excluding steroid dienone is 1. The lowest BCUT2D eigenvalue weighted by atomic mass is 10.2. The second-order valence-electron chi connectivity index (χ2n) is 7.04. The molecule has 0 aliphatic rings. The summed E-state index contributed by atoms with van der Waals surface area (Å²) in [6.45, 7) is 4.37. The van der Waals surface area contributed by atoms with E-state index in [9.17, 15) is 4.79 Å². The van der Waals surface area contributed by atoms with Gasteiger partial charge in [-0.05, 0) is 24.3 Å². The first-order valence-electron chi connectivity index (χ1n) is 10.2.